The average Bonchev–Trinajstić information content (AvgIpc) is 2.12. The SMILES string of the molecule is CCCCNc1ccc(O)c(C)c1. The summed E-state index contributed by atoms with van der Waals surface area (Å²) in [6, 6.07) is 5.59. The molecule has 2 heteroatoms. The van der Waals surface area contributed by atoms with E-state index in [4.69, 9.17) is 0 Å². The van der Waals surface area contributed by atoms with E-state index in [2.05, 4.69) is 12.2 Å². The molecular weight excluding hydrogens is 162 g/mol. The third-order valence-corrected chi connectivity index (χ3v) is 2.06. The van der Waals surface area contributed by atoms with Crippen LogP contribution < -0.4 is 5.32 Å². The monoisotopic (exact) mass is 179 g/mol. The molecule has 0 unspecified atom stereocenters. The number of nitrogens with one attached hydrogen (secondary N) is 1. The molecule has 1 rings (SSSR count). The summed E-state index contributed by atoms with van der Waals surface area (Å²) in [6.45, 7) is 5.07. The molecule has 0 aliphatic heterocycles. The number of aromatic hydroxyl groups is 1. The Morgan fingerprint density at radius 1 is 1.38 bits per heavy atom. The Kier molecular flexibility index (Phi) is 3.62. The van der Waals surface area contributed by atoms with Crippen molar-refractivity contribution in [2.45, 2.75) is 26.7 Å². The van der Waals surface area contributed by atoms with Crippen LogP contribution in [0.1, 0.15) is 25.3 Å². The Hall–Kier alpha value is -1.18. The highest BCUT2D eigenvalue weighted by Gasteiger charge is 1.96. The van der Waals surface area contributed by atoms with Gasteiger partial charge in [0.05, 0.1) is 0 Å². The van der Waals surface area contributed by atoms with Crippen molar-refractivity contribution in [3.05, 3.63) is 23.8 Å². The van der Waals surface area contributed by atoms with Gasteiger partial charge in [0.1, 0.15) is 5.75 Å². The van der Waals surface area contributed by atoms with Gasteiger partial charge in [-0.25, -0.2) is 0 Å². The minimum absolute atomic E-state index is 0.362. The summed E-state index contributed by atoms with van der Waals surface area (Å²) in [6.07, 6.45) is 2.38. The van der Waals surface area contributed by atoms with E-state index in [9.17, 15) is 5.11 Å². The largest absolute Gasteiger partial charge is 0.508 e. The minimum atomic E-state index is 0.362. The highest BCUT2D eigenvalue weighted by molar-refractivity contribution is 5.50. The maximum Gasteiger partial charge on any atom is 0.118 e. The molecule has 0 fully saturated rings. The van der Waals surface area contributed by atoms with Crippen LogP contribution in [0.15, 0.2) is 18.2 Å². The second-order valence-corrected chi connectivity index (χ2v) is 3.28. The third kappa shape index (κ3) is 2.98. The summed E-state index contributed by atoms with van der Waals surface area (Å²) >= 11 is 0. The van der Waals surface area contributed by atoms with Crippen molar-refractivity contribution in [2.24, 2.45) is 0 Å². The van der Waals surface area contributed by atoms with Crippen LogP contribution in [0.5, 0.6) is 5.75 Å². The molecule has 0 radical (unpaired) electrons. The molecule has 0 heterocycles. The van der Waals surface area contributed by atoms with Crippen LogP contribution in [0.3, 0.4) is 0 Å². The predicted octanol–water partition coefficient (Wildman–Crippen LogP) is 2.91. The lowest BCUT2D eigenvalue weighted by Gasteiger charge is -2.06. The van der Waals surface area contributed by atoms with Gasteiger partial charge in [0.15, 0.2) is 0 Å². The molecular formula is C11H17NO. The first-order chi connectivity index (χ1) is 6.24. The lowest BCUT2D eigenvalue weighted by Crippen LogP contribution is -2.00. The van der Waals surface area contributed by atoms with E-state index in [1.54, 1.807) is 6.07 Å². The first kappa shape index (κ1) is 9.90. The molecule has 0 aliphatic carbocycles. The molecule has 0 bridgehead atoms. The second kappa shape index (κ2) is 4.75. The highest BCUT2D eigenvalue weighted by atomic mass is 16.3. The van der Waals surface area contributed by atoms with E-state index in [0.29, 0.717) is 5.75 Å². The van der Waals surface area contributed by atoms with Gasteiger partial charge in [-0.1, -0.05) is 13.3 Å². The molecule has 13 heavy (non-hydrogen) atoms. The van der Waals surface area contributed by atoms with Gasteiger partial charge in [-0.05, 0) is 37.1 Å². The molecule has 0 spiro atoms. The summed E-state index contributed by atoms with van der Waals surface area (Å²) in [5, 5.41) is 12.6. The lowest BCUT2D eigenvalue weighted by molar-refractivity contribution is 0.471. The molecule has 0 amide bonds. The Bertz CT molecular complexity index is 271. The van der Waals surface area contributed by atoms with Gasteiger partial charge in [-0.3, -0.25) is 0 Å². The summed E-state index contributed by atoms with van der Waals surface area (Å²) in [7, 11) is 0. The molecule has 0 aromatic heterocycles. The Morgan fingerprint density at radius 3 is 2.77 bits per heavy atom. The maximum absolute atomic E-state index is 9.29. The number of phenolic OH excluding ortho intramolecular Hbond substituents is 1. The van der Waals surface area contributed by atoms with Crippen molar-refractivity contribution in [1.29, 1.82) is 0 Å². The first-order valence-corrected chi connectivity index (χ1v) is 4.77. The van der Waals surface area contributed by atoms with Gasteiger partial charge in [-0.2, -0.15) is 0 Å². The van der Waals surface area contributed by atoms with Crippen LogP contribution in [0.25, 0.3) is 0 Å². The molecule has 0 saturated heterocycles. The maximum atomic E-state index is 9.29. The molecule has 2 N–H and O–H groups in total. The molecule has 1 aromatic carbocycles. The topological polar surface area (TPSA) is 32.3 Å². The van der Waals surface area contributed by atoms with Gasteiger partial charge in [-0.15, -0.1) is 0 Å². The van der Waals surface area contributed by atoms with E-state index in [0.717, 1.165) is 17.8 Å². The van der Waals surface area contributed by atoms with Crippen molar-refractivity contribution in [3.8, 4) is 5.75 Å². The van der Waals surface area contributed by atoms with Crippen LogP contribution in [-0.2, 0) is 0 Å². The lowest BCUT2D eigenvalue weighted by atomic mass is 10.2. The molecule has 0 saturated carbocycles. The molecule has 0 aliphatic rings. The normalized spacial score (nSPS) is 10.0. The van der Waals surface area contributed by atoms with E-state index in [-0.39, 0.29) is 0 Å². The summed E-state index contributed by atoms with van der Waals surface area (Å²) in [5.41, 5.74) is 2.00. The van der Waals surface area contributed by atoms with Gasteiger partial charge >= 0.3 is 0 Å². The van der Waals surface area contributed by atoms with Crippen molar-refractivity contribution >= 4 is 5.69 Å². The fourth-order valence-electron chi connectivity index (χ4n) is 1.17. The van der Waals surface area contributed by atoms with Crippen LogP contribution >= 0.6 is 0 Å². The van der Waals surface area contributed by atoms with Crippen LogP contribution in [0.2, 0.25) is 0 Å². The number of phenols is 1. The number of benzene rings is 1. The quantitative estimate of drug-likeness (QED) is 0.550. The van der Waals surface area contributed by atoms with Gasteiger partial charge in [0.2, 0.25) is 0 Å². The van der Waals surface area contributed by atoms with E-state index in [1.807, 2.05) is 19.1 Å². The predicted molar refractivity (Wildman–Crippen MR) is 56.2 cm³/mol. The second-order valence-electron chi connectivity index (χ2n) is 3.28. The molecule has 0 atom stereocenters. The van der Waals surface area contributed by atoms with E-state index >= 15 is 0 Å². The van der Waals surface area contributed by atoms with Crippen LogP contribution in [0, 0.1) is 6.92 Å². The number of unbranched alkanes of at least 4 members (excludes halogenated alkanes) is 1. The highest BCUT2D eigenvalue weighted by Crippen LogP contribution is 2.19. The third-order valence-electron chi connectivity index (χ3n) is 2.06. The van der Waals surface area contributed by atoms with Crippen LogP contribution in [-0.4, -0.2) is 11.7 Å². The van der Waals surface area contributed by atoms with Crippen LogP contribution in [0.4, 0.5) is 5.69 Å². The fourth-order valence-corrected chi connectivity index (χ4v) is 1.17. The smallest absolute Gasteiger partial charge is 0.118 e. The fraction of sp³-hybridized carbons (Fsp3) is 0.455. The zero-order valence-corrected chi connectivity index (χ0v) is 8.30. The summed E-state index contributed by atoms with van der Waals surface area (Å²) < 4.78 is 0. The van der Waals surface area contributed by atoms with Crippen molar-refractivity contribution in [1.82, 2.24) is 0 Å². The van der Waals surface area contributed by atoms with Gasteiger partial charge in [0, 0.05) is 12.2 Å². The molecule has 2 nitrogen and oxygen atoms in total. The minimum Gasteiger partial charge on any atom is -0.508 e. The van der Waals surface area contributed by atoms with Crippen molar-refractivity contribution in [3.63, 3.8) is 0 Å². The van der Waals surface area contributed by atoms with Crippen molar-refractivity contribution in [2.75, 3.05) is 11.9 Å². The van der Waals surface area contributed by atoms with E-state index < -0.39 is 0 Å². The number of aryl methyl sites for hydroxylation is 1. The zero-order chi connectivity index (χ0) is 9.68. The first-order valence-electron chi connectivity index (χ1n) is 4.77. The number of hydrogen-bond donors (Lipinski definition) is 2. The Balaban J connectivity index is 2.53. The Labute approximate surface area is 79.6 Å². The number of hydrogen-bond acceptors (Lipinski definition) is 2. The van der Waals surface area contributed by atoms with Gasteiger partial charge in [0.25, 0.3) is 0 Å². The van der Waals surface area contributed by atoms with Crippen molar-refractivity contribution < 1.29 is 5.11 Å². The zero-order valence-electron chi connectivity index (χ0n) is 8.30. The molecule has 1 aromatic rings. The Morgan fingerprint density at radius 2 is 2.15 bits per heavy atom. The molecule has 72 valence electrons. The number of rotatable bonds is 4. The number of anilines is 1. The van der Waals surface area contributed by atoms with Gasteiger partial charge < -0.3 is 10.4 Å². The standard InChI is InChI=1S/C11H17NO/c1-3-4-7-12-10-5-6-11(13)9(2)8-10/h5-6,8,12-13H,3-4,7H2,1-2H3. The summed E-state index contributed by atoms with van der Waals surface area (Å²) in [5.74, 6) is 0.362. The van der Waals surface area contributed by atoms with E-state index in [1.165, 1.54) is 12.8 Å². The summed E-state index contributed by atoms with van der Waals surface area (Å²) in [4.78, 5) is 0. The average molecular weight is 179 g/mol.